The van der Waals surface area contributed by atoms with Gasteiger partial charge >= 0.3 is 0 Å². The van der Waals surface area contributed by atoms with Gasteiger partial charge in [-0.25, -0.2) is 13.9 Å². The third-order valence-corrected chi connectivity index (χ3v) is 5.98. The summed E-state index contributed by atoms with van der Waals surface area (Å²) in [5.41, 5.74) is 7.35. The molecule has 0 saturated carbocycles. The maximum atomic E-state index is 13.1. The van der Waals surface area contributed by atoms with Crippen molar-refractivity contribution in [1.29, 1.82) is 0 Å². The number of hydroxylamine groups is 1. The van der Waals surface area contributed by atoms with Crippen molar-refractivity contribution in [2.24, 2.45) is 5.73 Å². The van der Waals surface area contributed by atoms with Crippen LogP contribution in [0.3, 0.4) is 0 Å². The molecule has 29 heavy (non-hydrogen) atoms. The van der Waals surface area contributed by atoms with Crippen molar-refractivity contribution in [3.05, 3.63) is 53.6 Å². The summed E-state index contributed by atoms with van der Waals surface area (Å²) in [4.78, 5) is 22.9. The van der Waals surface area contributed by atoms with E-state index in [1.54, 1.807) is 26.0 Å². The molecule has 0 fully saturated rings. The minimum atomic E-state index is -4.00. The first-order valence-electron chi connectivity index (χ1n) is 8.66. The van der Waals surface area contributed by atoms with Crippen molar-refractivity contribution in [2.75, 3.05) is 11.4 Å². The number of carbonyl (C=O) groups excluding carboxylic acids is 2. The fourth-order valence-corrected chi connectivity index (χ4v) is 4.13. The second-order valence-corrected chi connectivity index (χ2v) is 8.42. The SMILES string of the molecule is Cc1cccc(C(=O)NO)c1N(C)S(=O)(=O)c1ccc(OC(C)CC(N)=O)cc1. The predicted molar refractivity (Wildman–Crippen MR) is 106 cm³/mol. The van der Waals surface area contributed by atoms with Crippen molar-refractivity contribution in [1.82, 2.24) is 5.48 Å². The van der Waals surface area contributed by atoms with E-state index in [2.05, 4.69) is 0 Å². The van der Waals surface area contributed by atoms with Gasteiger partial charge in [0.05, 0.1) is 22.6 Å². The van der Waals surface area contributed by atoms with E-state index in [1.165, 1.54) is 42.9 Å². The van der Waals surface area contributed by atoms with Crippen LogP contribution in [0.4, 0.5) is 5.69 Å². The van der Waals surface area contributed by atoms with E-state index in [0.717, 1.165) is 4.31 Å². The molecule has 0 radical (unpaired) electrons. The highest BCUT2D eigenvalue weighted by atomic mass is 32.2. The van der Waals surface area contributed by atoms with Crippen LogP contribution in [0.5, 0.6) is 5.75 Å². The van der Waals surface area contributed by atoms with Crippen LogP contribution in [-0.4, -0.2) is 38.6 Å². The Balaban J connectivity index is 2.34. The Hall–Kier alpha value is -3.11. The predicted octanol–water partition coefficient (Wildman–Crippen LogP) is 1.58. The second kappa shape index (κ2) is 8.93. The van der Waals surface area contributed by atoms with Crippen LogP contribution in [0.1, 0.15) is 29.3 Å². The number of aryl methyl sites for hydroxylation is 1. The summed E-state index contributed by atoms with van der Waals surface area (Å²) in [6.45, 7) is 3.33. The number of nitrogens with one attached hydrogen (secondary N) is 1. The summed E-state index contributed by atoms with van der Waals surface area (Å²) in [7, 11) is -2.68. The lowest BCUT2D eigenvalue weighted by molar-refractivity contribution is -0.119. The van der Waals surface area contributed by atoms with E-state index in [0.29, 0.717) is 11.3 Å². The molecule has 2 aromatic carbocycles. The molecule has 0 heterocycles. The Labute approximate surface area is 169 Å². The lowest BCUT2D eigenvalue weighted by Crippen LogP contribution is -2.30. The maximum absolute atomic E-state index is 13.1. The fourth-order valence-electron chi connectivity index (χ4n) is 2.85. The zero-order chi connectivity index (χ0) is 21.8. The Kier molecular flexibility index (Phi) is 6.83. The number of benzene rings is 2. The maximum Gasteiger partial charge on any atom is 0.276 e. The number of sulfonamides is 1. The fraction of sp³-hybridized carbons (Fsp3) is 0.263. The number of carbonyl (C=O) groups is 2. The van der Waals surface area contributed by atoms with Gasteiger partial charge in [0, 0.05) is 7.05 Å². The highest BCUT2D eigenvalue weighted by molar-refractivity contribution is 7.92. The van der Waals surface area contributed by atoms with Crippen molar-refractivity contribution in [3.8, 4) is 5.75 Å². The highest BCUT2D eigenvalue weighted by Crippen LogP contribution is 2.30. The molecular weight excluding hydrogens is 398 g/mol. The summed E-state index contributed by atoms with van der Waals surface area (Å²) in [6, 6.07) is 10.3. The minimum Gasteiger partial charge on any atom is -0.490 e. The Morgan fingerprint density at radius 2 is 1.83 bits per heavy atom. The van der Waals surface area contributed by atoms with E-state index in [-0.39, 0.29) is 22.6 Å². The number of hydrogen-bond donors (Lipinski definition) is 3. The van der Waals surface area contributed by atoms with Crippen molar-refractivity contribution in [2.45, 2.75) is 31.3 Å². The van der Waals surface area contributed by atoms with E-state index in [1.807, 2.05) is 0 Å². The van der Waals surface area contributed by atoms with Gasteiger partial charge in [0.2, 0.25) is 5.91 Å². The van der Waals surface area contributed by atoms with Gasteiger partial charge < -0.3 is 10.5 Å². The van der Waals surface area contributed by atoms with Crippen LogP contribution in [-0.2, 0) is 14.8 Å². The second-order valence-electron chi connectivity index (χ2n) is 6.45. The number of amides is 2. The largest absolute Gasteiger partial charge is 0.490 e. The van der Waals surface area contributed by atoms with Crippen molar-refractivity contribution >= 4 is 27.5 Å². The number of primary amides is 1. The molecule has 0 spiro atoms. The first kappa shape index (κ1) is 22.2. The zero-order valence-corrected chi connectivity index (χ0v) is 17.1. The first-order chi connectivity index (χ1) is 13.6. The van der Waals surface area contributed by atoms with Gasteiger partial charge in [-0.3, -0.25) is 19.1 Å². The quantitative estimate of drug-likeness (QED) is 0.437. The van der Waals surface area contributed by atoms with Gasteiger partial charge in [0.1, 0.15) is 11.9 Å². The van der Waals surface area contributed by atoms with Crippen LogP contribution in [0.2, 0.25) is 0 Å². The molecule has 9 nitrogen and oxygen atoms in total. The summed E-state index contributed by atoms with van der Waals surface area (Å²) >= 11 is 0. The van der Waals surface area contributed by atoms with E-state index < -0.39 is 27.9 Å². The molecule has 0 saturated heterocycles. The smallest absolute Gasteiger partial charge is 0.276 e. The molecule has 2 rings (SSSR count). The van der Waals surface area contributed by atoms with E-state index in [9.17, 15) is 18.0 Å². The third kappa shape index (κ3) is 5.04. The van der Waals surface area contributed by atoms with Gasteiger partial charge in [-0.15, -0.1) is 0 Å². The molecule has 2 aromatic rings. The molecule has 156 valence electrons. The normalized spacial score (nSPS) is 12.1. The summed E-state index contributed by atoms with van der Waals surface area (Å²) in [5, 5.41) is 8.95. The van der Waals surface area contributed by atoms with Gasteiger partial charge in [-0.2, -0.15) is 0 Å². The number of anilines is 1. The van der Waals surface area contributed by atoms with Crippen LogP contribution in [0.15, 0.2) is 47.4 Å². The van der Waals surface area contributed by atoms with Gasteiger partial charge in [0.25, 0.3) is 15.9 Å². The number of nitrogens with two attached hydrogens (primary N) is 1. The average molecular weight is 421 g/mol. The standard InChI is InChI=1S/C19H23N3O6S/c1-12-5-4-6-16(19(24)21-25)18(12)22(3)29(26,27)15-9-7-14(8-10-15)28-13(2)11-17(20)23/h4-10,13,25H,11H2,1-3H3,(H2,20,23)(H,21,24). The molecule has 0 aliphatic heterocycles. The van der Waals surface area contributed by atoms with E-state index >= 15 is 0 Å². The number of ether oxygens (including phenoxy) is 1. The number of para-hydroxylation sites is 1. The monoisotopic (exact) mass is 421 g/mol. The lowest BCUT2D eigenvalue weighted by atomic mass is 10.1. The highest BCUT2D eigenvalue weighted by Gasteiger charge is 2.26. The topological polar surface area (TPSA) is 139 Å². The molecule has 0 bridgehead atoms. The molecule has 1 atom stereocenters. The van der Waals surface area contributed by atoms with Crippen LogP contribution >= 0.6 is 0 Å². The van der Waals surface area contributed by atoms with Crippen molar-refractivity contribution in [3.63, 3.8) is 0 Å². The molecule has 0 aliphatic rings. The summed E-state index contributed by atoms with van der Waals surface area (Å²) < 4.78 is 32.6. The molecule has 10 heteroatoms. The Morgan fingerprint density at radius 1 is 1.21 bits per heavy atom. The summed E-state index contributed by atoms with van der Waals surface area (Å²) in [5.74, 6) is -0.936. The molecule has 2 amide bonds. The number of hydrogen-bond acceptors (Lipinski definition) is 6. The number of nitrogens with zero attached hydrogens (tertiary/aromatic N) is 1. The minimum absolute atomic E-state index is 0.0128. The van der Waals surface area contributed by atoms with Gasteiger partial charge in [-0.1, -0.05) is 12.1 Å². The average Bonchev–Trinajstić information content (AvgIpc) is 2.66. The molecule has 0 aliphatic carbocycles. The Morgan fingerprint density at radius 3 is 2.38 bits per heavy atom. The van der Waals surface area contributed by atoms with Crippen LogP contribution in [0.25, 0.3) is 0 Å². The lowest BCUT2D eigenvalue weighted by Gasteiger charge is -2.24. The van der Waals surface area contributed by atoms with E-state index in [4.69, 9.17) is 15.7 Å². The van der Waals surface area contributed by atoms with Crippen LogP contribution < -0.4 is 20.3 Å². The van der Waals surface area contributed by atoms with Gasteiger partial charge in [-0.05, 0) is 49.7 Å². The molecule has 4 N–H and O–H groups in total. The molecular formula is C19H23N3O6S. The molecule has 0 aromatic heterocycles. The zero-order valence-electron chi connectivity index (χ0n) is 16.2. The van der Waals surface area contributed by atoms with Crippen molar-refractivity contribution < 1.29 is 28.0 Å². The number of rotatable bonds is 8. The Bertz CT molecular complexity index is 1010. The first-order valence-corrected chi connectivity index (χ1v) is 10.1. The van der Waals surface area contributed by atoms with Crippen LogP contribution in [0, 0.1) is 6.92 Å². The summed E-state index contributed by atoms with van der Waals surface area (Å²) in [6.07, 6.45) is -0.421. The molecule has 1 unspecified atom stereocenters. The third-order valence-electron chi connectivity index (χ3n) is 4.21. The van der Waals surface area contributed by atoms with Gasteiger partial charge in [0.15, 0.2) is 0 Å².